The molecule has 0 aliphatic rings. The first-order chi connectivity index (χ1) is 7.65. The van der Waals surface area contributed by atoms with Crippen molar-refractivity contribution in [2.75, 3.05) is 20.7 Å². The summed E-state index contributed by atoms with van der Waals surface area (Å²) in [6, 6.07) is 5.96. The van der Waals surface area contributed by atoms with Crippen LogP contribution in [0, 0.1) is 18.3 Å². The second-order valence-electron chi connectivity index (χ2n) is 3.79. The zero-order chi connectivity index (χ0) is 12.0. The molecule has 0 fully saturated rings. The highest BCUT2D eigenvalue weighted by Gasteiger charge is 2.04. The van der Waals surface area contributed by atoms with Gasteiger partial charge in [-0.3, -0.25) is 9.88 Å². The molecule has 0 amide bonds. The Labute approximate surface area is 96.5 Å². The first-order valence-corrected chi connectivity index (χ1v) is 5.22. The van der Waals surface area contributed by atoms with Crippen LogP contribution in [0.4, 0.5) is 0 Å². The van der Waals surface area contributed by atoms with E-state index in [4.69, 9.17) is 10.00 Å². The van der Waals surface area contributed by atoms with Gasteiger partial charge in [0.1, 0.15) is 5.75 Å². The zero-order valence-electron chi connectivity index (χ0n) is 10.0. The van der Waals surface area contributed by atoms with Crippen molar-refractivity contribution < 1.29 is 4.74 Å². The van der Waals surface area contributed by atoms with E-state index in [0.29, 0.717) is 6.42 Å². The van der Waals surface area contributed by atoms with Gasteiger partial charge in [-0.1, -0.05) is 0 Å². The molecule has 0 bridgehead atoms. The minimum atomic E-state index is 0.541. The predicted octanol–water partition coefficient (Wildman–Crippen LogP) is 1.74. The van der Waals surface area contributed by atoms with Gasteiger partial charge >= 0.3 is 0 Å². The summed E-state index contributed by atoms with van der Waals surface area (Å²) < 4.78 is 5.19. The summed E-state index contributed by atoms with van der Waals surface area (Å²) in [5, 5.41) is 8.50. The number of nitrogens with zero attached hydrogens (tertiary/aromatic N) is 3. The summed E-state index contributed by atoms with van der Waals surface area (Å²) >= 11 is 0. The zero-order valence-corrected chi connectivity index (χ0v) is 10.0. The van der Waals surface area contributed by atoms with Crippen LogP contribution < -0.4 is 4.74 Å². The molecule has 1 heterocycles. The fourth-order valence-corrected chi connectivity index (χ4v) is 1.50. The number of hydrogen-bond donors (Lipinski definition) is 0. The summed E-state index contributed by atoms with van der Waals surface area (Å²) in [5.41, 5.74) is 1.92. The average molecular weight is 219 g/mol. The van der Waals surface area contributed by atoms with Gasteiger partial charge in [0, 0.05) is 37.3 Å². The third kappa shape index (κ3) is 3.87. The number of aromatic nitrogens is 1. The van der Waals surface area contributed by atoms with Crippen molar-refractivity contribution in [3.8, 4) is 11.8 Å². The fraction of sp³-hybridized carbons (Fsp3) is 0.500. The first kappa shape index (κ1) is 12.5. The number of aryl methyl sites for hydroxylation is 1. The summed E-state index contributed by atoms with van der Waals surface area (Å²) in [4.78, 5) is 6.50. The van der Waals surface area contributed by atoms with Crippen LogP contribution >= 0.6 is 0 Å². The van der Waals surface area contributed by atoms with Crippen molar-refractivity contribution in [2.45, 2.75) is 19.9 Å². The van der Waals surface area contributed by atoms with Gasteiger partial charge in [0.25, 0.3) is 0 Å². The molecule has 0 radical (unpaired) electrons. The smallest absolute Gasteiger partial charge is 0.122 e. The van der Waals surface area contributed by atoms with Crippen LogP contribution in [-0.4, -0.2) is 30.6 Å². The van der Waals surface area contributed by atoms with Crippen molar-refractivity contribution in [1.82, 2.24) is 9.88 Å². The van der Waals surface area contributed by atoms with E-state index < -0.39 is 0 Å². The number of pyridine rings is 1. The van der Waals surface area contributed by atoms with Crippen LogP contribution in [0.25, 0.3) is 0 Å². The molecule has 4 heteroatoms. The third-order valence-corrected chi connectivity index (χ3v) is 2.25. The Balaban J connectivity index is 2.66. The van der Waals surface area contributed by atoms with Gasteiger partial charge in [0.15, 0.2) is 0 Å². The number of ether oxygens (including phenoxy) is 1. The Kier molecular flexibility index (Phi) is 4.74. The normalized spacial score (nSPS) is 10.2. The minimum Gasteiger partial charge on any atom is -0.497 e. The fourth-order valence-electron chi connectivity index (χ4n) is 1.50. The number of nitriles is 1. The van der Waals surface area contributed by atoms with Crippen LogP contribution in [0.2, 0.25) is 0 Å². The molecule has 0 unspecified atom stereocenters. The van der Waals surface area contributed by atoms with E-state index >= 15 is 0 Å². The van der Waals surface area contributed by atoms with Crippen LogP contribution in [0.3, 0.4) is 0 Å². The SMILES string of the molecule is COc1cc(C)nc(CN(C)CCC#N)c1. The molecule has 1 rings (SSSR count). The maximum atomic E-state index is 8.50. The van der Waals surface area contributed by atoms with Crippen LogP contribution in [-0.2, 0) is 6.54 Å². The van der Waals surface area contributed by atoms with Gasteiger partial charge < -0.3 is 4.74 Å². The van der Waals surface area contributed by atoms with Gasteiger partial charge in [-0.25, -0.2) is 0 Å². The molecule has 0 atom stereocenters. The highest BCUT2D eigenvalue weighted by molar-refractivity contribution is 5.26. The van der Waals surface area contributed by atoms with Gasteiger partial charge in [-0.05, 0) is 14.0 Å². The Hall–Kier alpha value is -1.60. The van der Waals surface area contributed by atoms with Gasteiger partial charge in [0.05, 0.1) is 18.9 Å². The standard InChI is InChI=1S/C12H17N3O/c1-10-7-12(16-3)8-11(14-10)9-15(2)6-4-5-13/h7-8H,4,6,9H2,1-3H3. The van der Waals surface area contributed by atoms with Gasteiger partial charge in [-0.2, -0.15) is 5.26 Å². The molecule has 0 aliphatic carbocycles. The molecule has 0 aromatic carbocycles. The lowest BCUT2D eigenvalue weighted by Crippen LogP contribution is -2.19. The van der Waals surface area contributed by atoms with Crippen molar-refractivity contribution in [1.29, 1.82) is 5.26 Å². The number of rotatable bonds is 5. The third-order valence-electron chi connectivity index (χ3n) is 2.25. The molecule has 0 saturated carbocycles. The molecule has 0 aliphatic heterocycles. The number of methoxy groups -OCH3 is 1. The molecule has 1 aromatic rings. The van der Waals surface area contributed by atoms with E-state index in [-0.39, 0.29) is 0 Å². The summed E-state index contributed by atoms with van der Waals surface area (Å²) in [6.07, 6.45) is 0.541. The molecule has 0 saturated heterocycles. The van der Waals surface area contributed by atoms with Crippen molar-refractivity contribution in [2.24, 2.45) is 0 Å². The summed E-state index contributed by atoms with van der Waals surface area (Å²) in [7, 11) is 3.63. The lowest BCUT2D eigenvalue weighted by molar-refractivity contribution is 0.329. The molecular formula is C12H17N3O. The highest BCUT2D eigenvalue weighted by atomic mass is 16.5. The Bertz CT molecular complexity index is 384. The molecule has 0 N–H and O–H groups in total. The Morgan fingerprint density at radius 1 is 1.50 bits per heavy atom. The van der Waals surface area contributed by atoms with Crippen LogP contribution in [0.15, 0.2) is 12.1 Å². The monoisotopic (exact) mass is 219 g/mol. The highest BCUT2D eigenvalue weighted by Crippen LogP contribution is 2.14. The van der Waals surface area contributed by atoms with E-state index in [2.05, 4.69) is 16.0 Å². The summed E-state index contributed by atoms with van der Waals surface area (Å²) in [5.74, 6) is 0.830. The molecule has 86 valence electrons. The average Bonchev–Trinajstić information content (AvgIpc) is 2.25. The van der Waals surface area contributed by atoms with Crippen molar-refractivity contribution in [3.05, 3.63) is 23.5 Å². The molecule has 16 heavy (non-hydrogen) atoms. The lowest BCUT2D eigenvalue weighted by Gasteiger charge is -2.15. The molecule has 4 nitrogen and oxygen atoms in total. The largest absolute Gasteiger partial charge is 0.497 e. The van der Waals surface area contributed by atoms with E-state index in [1.807, 2.05) is 26.1 Å². The van der Waals surface area contributed by atoms with Gasteiger partial charge in [0.2, 0.25) is 0 Å². The Morgan fingerprint density at radius 2 is 2.25 bits per heavy atom. The quantitative estimate of drug-likeness (QED) is 0.757. The van der Waals surface area contributed by atoms with E-state index in [9.17, 15) is 0 Å². The van der Waals surface area contributed by atoms with Crippen molar-refractivity contribution in [3.63, 3.8) is 0 Å². The minimum absolute atomic E-state index is 0.541. The van der Waals surface area contributed by atoms with Crippen LogP contribution in [0.1, 0.15) is 17.8 Å². The second kappa shape index (κ2) is 6.09. The van der Waals surface area contributed by atoms with E-state index in [1.54, 1.807) is 7.11 Å². The lowest BCUT2D eigenvalue weighted by atomic mass is 10.2. The van der Waals surface area contributed by atoms with Crippen LogP contribution in [0.5, 0.6) is 5.75 Å². The maximum absolute atomic E-state index is 8.50. The summed E-state index contributed by atoms with van der Waals surface area (Å²) in [6.45, 7) is 3.44. The van der Waals surface area contributed by atoms with Crippen molar-refractivity contribution >= 4 is 0 Å². The topological polar surface area (TPSA) is 49.1 Å². The van der Waals surface area contributed by atoms with E-state index in [0.717, 1.165) is 30.2 Å². The Morgan fingerprint density at radius 3 is 2.88 bits per heavy atom. The van der Waals surface area contributed by atoms with E-state index in [1.165, 1.54) is 0 Å². The molecule has 0 spiro atoms. The molecular weight excluding hydrogens is 202 g/mol. The first-order valence-electron chi connectivity index (χ1n) is 5.22. The maximum Gasteiger partial charge on any atom is 0.122 e. The predicted molar refractivity (Wildman–Crippen MR) is 62.1 cm³/mol. The number of hydrogen-bond acceptors (Lipinski definition) is 4. The second-order valence-corrected chi connectivity index (χ2v) is 3.79. The molecule has 1 aromatic heterocycles. The van der Waals surface area contributed by atoms with Gasteiger partial charge in [-0.15, -0.1) is 0 Å².